The Kier molecular flexibility index (Phi) is 3.83. The van der Waals surface area contributed by atoms with Crippen molar-refractivity contribution in [2.45, 2.75) is 44.1 Å². The zero-order chi connectivity index (χ0) is 16.7. The van der Waals surface area contributed by atoms with Gasteiger partial charge in [-0.15, -0.1) is 0 Å². The van der Waals surface area contributed by atoms with Crippen LogP contribution in [0.4, 0.5) is 0 Å². The van der Waals surface area contributed by atoms with Crippen molar-refractivity contribution in [2.24, 2.45) is 5.92 Å². The molecule has 24 heavy (non-hydrogen) atoms. The normalized spacial score (nSPS) is 29.0. The van der Waals surface area contributed by atoms with Gasteiger partial charge in [0, 0.05) is 12.3 Å². The Hall–Kier alpha value is -2.23. The van der Waals surface area contributed by atoms with Crippen LogP contribution in [0.1, 0.15) is 43.6 Å². The Balaban J connectivity index is 1.80. The van der Waals surface area contributed by atoms with E-state index in [1.54, 1.807) is 0 Å². The van der Waals surface area contributed by atoms with Crippen LogP contribution in [0.5, 0.6) is 0 Å². The van der Waals surface area contributed by atoms with Crippen molar-refractivity contribution in [3.8, 4) is 0 Å². The number of benzene rings is 1. The highest BCUT2D eigenvalue weighted by Gasteiger charge is 2.49. The van der Waals surface area contributed by atoms with Crippen molar-refractivity contribution < 1.29 is 19.4 Å². The van der Waals surface area contributed by atoms with Gasteiger partial charge >= 0.3 is 5.97 Å². The second kappa shape index (κ2) is 6.00. The molecule has 1 N–H and O–H groups in total. The molecule has 1 aromatic rings. The van der Waals surface area contributed by atoms with Crippen LogP contribution >= 0.6 is 0 Å². The second-order valence-electron chi connectivity index (χ2n) is 6.80. The van der Waals surface area contributed by atoms with Gasteiger partial charge in [-0.3, -0.25) is 0 Å². The highest BCUT2D eigenvalue weighted by Crippen LogP contribution is 2.53. The summed E-state index contributed by atoms with van der Waals surface area (Å²) in [6, 6.07) is 10.2. The molecular weight excluding hydrogens is 304 g/mol. The van der Waals surface area contributed by atoms with Crippen LogP contribution in [0.25, 0.3) is 0 Å². The molecule has 0 bridgehead atoms. The lowest BCUT2D eigenvalue weighted by atomic mass is 9.69. The Bertz CT molecular complexity index is 716. The highest BCUT2D eigenvalue weighted by atomic mass is 16.5. The number of methoxy groups -OCH3 is 1. The van der Waals surface area contributed by atoms with E-state index in [1.807, 2.05) is 18.2 Å². The van der Waals surface area contributed by atoms with Crippen LogP contribution in [0, 0.1) is 5.92 Å². The van der Waals surface area contributed by atoms with Gasteiger partial charge in [-0.2, -0.15) is 0 Å². The van der Waals surface area contributed by atoms with E-state index in [2.05, 4.69) is 12.1 Å². The van der Waals surface area contributed by atoms with Gasteiger partial charge in [-0.05, 0) is 42.7 Å². The fourth-order valence-corrected chi connectivity index (χ4v) is 4.44. The zero-order valence-electron chi connectivity index (χ0n) is 13.8. The molecule has 126 valence electrons. The molecule has 0 fully saturated rings. The third-order valence-corrected chi connectivity index (χ3v) is 5.55. The number of hydrogen-bond acceptors (Lipinski definition) is 4. The summed E-state index contributed by atoms with van der Waals surface area (Å²) in [6.07, 6.45) is 4.31. The lowest BCUT2D eigenvalue weighted by Gasteiger charge is -2.35. The average molecular weight is 326 g/mol. The van der Waals surface area contributed by atoms with Crippen molar-refractivity contribution in [1.29, 1.82) is 0 Å². The molecule has 0 spiro atoms. The summed E-state index contributed by atoms with van der Waals surface area (Å²) in [5, 5.41) is 10.7. The molecule has 4 heteroatoms. The number of ether oxygens (including phenoxy) is 2. The molecule has 0 saturated carbocycles. The number of fused-ring (bicyclic) bond motifs is 2. The first-order valence-electron chi connectivity index (χ1n) is 8.64. The van der Waals surface area contributed by atoms with Crippen LogP contribution in [-0.2, 0) is 14.3 Å². The van der Waals surface area contributed by atoms with E-state index in [9.17, 15) is 9.90 Å². The van der Waals surface area contributed by atoms with E-state index < -0.39 is 12.1 Å². The van der Waals surface area contributed by atoms with Gasteiger partial charge in [0.15, 0.2) is 6.10 Å². The van der Waals surface area contributed by atoms with Gasteiger partial charge in [-0.1, -0.05) is 30.3 Å². The van der Waals surface area contributed by atoms with Crippen molar-refractivity contribution in [2.75, 3.05) is 7.11 Å². The first-order chi connectivity index (χ1) is 11.7. The van der Waals surface area contributed by atoms with Crippen LogP contribution in [0.3, 0.4) is 0 Å². The number of rotatable bonds is 2. The van der Waals surface area contributed by atoms with E-state index in [0.29, 0.717) is 12.0 Å². The smallest absolute Gasteiger partial charge is 0.337 e. The Labute approximate surface area is 141 Å². The molecule has 4 rings (SSSR count). The quantitative estimate of drug-likeness (QED) is 0.835. The summed E-state index contributed by atoms with van der Waals surface area (Å²) in [7, 11) is 1.35. The van der Waals surface area contributed by atoms with Crippen LogP contribution < -0.4 is 0 Å². The molecule has 2 aliphatic carbocycles. The van der Waals surface area contributed by atoms with Crippen molar-refractivity contribution in [3.63, 3.8) is 0 Å². The second-order valence-corrected chi connectivity index (χ2v) is 6.80. The topological polar surface area (TPSA) is 55.8 Å². The molecule has 0 aromatic heterocycles. The van der Waals surface area contributed by atoms with Crippen LogP contribution in [-0.4, -0.2) is 24.3 Å². The minimum atomic E-state index is -0.458. The number of esters is 1. The largest absolute Gasteiger partial charge is 0.508 e. The molecule has 1 aliphatic heterocycles. The summed E-state index contributed by atoms with van der Waals surface area (Å²) in [5.41, 5.74) is 2.88. The van der Waals surface area contributed by atoms with Crippen molar-refractivity contribution >= 4 is 5.97 Å². The van der Waals surface area contributed by atoms with Gasteiger partial charge in [0.05, 0.1) is 18.4 Å². The number of aliphatic hydroxyl groups is 1. The van der Waals surface area contributed by atoms with Gasteiger partial charge < -0.3 is 14.6 Å². The fraction of sp³-hybridized carbons (Fsp3) is 0.450. The molecule has 1 heterocycles. The van der Waals surface area contributed by atoms with Crippen molar-refractivity contribution in [3.05, 3.63) is 58.6 Å². The molecule has 0 unspecified atom stereocenters. The third kappa shape index (κ3) is 2.32. The summed E-state index contributed by atoms with van der Waals surface area (Å²) in [4.78, 5) is 12.1. The average Bonchev–Trinajstić information content (AvgIpc) is 3.02. The molecule has 0 saturated heterocycles. The molecule has 4 nitrogen and oxygen atoms in total. The first-order valence-corrected chi connectivity index (χ1v) is 8.64. The highest BCUT2D eigenvalue weighted by molar-refractivity contribution is 5.89. The van der Waals surface area contributed by atoms with Gasteiger partial charge in [0.2, 0.25) is 0 Å². The van der Waals surface area contributed by atoms with Gasteiger partial charge in [-0.25, -0.2) is 4.79 Å². The summed E-state index contributed by atoms with van der Waals surface area (Å²) >= 11 is 0. The number of carbonyl (C=O) groups is 1. The van der Waals surface area contributed by atoms with E-state index in [4.69, 9.17) is 9.47 Å². The predicted octanol–water partition coefficient (Wildman–Crippen LogP) is 4.00. The summed E-state index contributed by atoms with van der Waals surface area (Å²) < 4.78 is 11.0. The SMILES string of the molecule is COC(=O)C1=C(O)[C@@H]2OC3=C(CCCC3)[C@@H]2[C@@H](c2ccccc2)C1. The Morgan fingerprint density at radius 2 is 1.96 bits per heavy atom. The lowest BCUT2D eigenvalue weighted by Crippen LogP contribution is -2.34. The van der Waals surface area contributed by atoms with E-state index in [-0.39, 0.29) is 17.6 Å². The fourth-order valence-electron chi connectivity index (χ4n) is 4.44. The first kappa shape index (κ1) is 15.3. The lowest BCUT2D eigenvalue weighted by molar-refractivity contribution is -0.137. The molecule has 0 amide bonds. The van der Waals surface area contributed by atoms with E-state index in [1.165, 1.54) is 24.7 Å². The minimum Gasteiger partial charge on any atom is -0.508 e. The predicted molar refractivity (Wildman–Crippen MR) is 89.3 cm³/mol. The molecular formula is C20H22O4. The maximum absolute atomic E-state index is 12.1. The number of aliphatic hydroxyl groups excluding tert-OH is 1. The van der Waals surface area contributed by atoms with Crippen LogP contribution in [0.15, 0.2) is 53.0 Å². The summed E-state index contributed by atoms with van der Waals surface area (Å²) in [6.45, 7) is 0. The Morgan fingerprint density at radius 1 is 1.21 bits per heavy atom. The zero-order valence-corrected chi connectivity index (χ0v) is 13.8. The third-order valence-electron chi connectivity index (χ3n) is 5.55. The van der Waals surface area contributed by atoms with E-state index in [0.717, 1.165) is 25.0 Å². The summed E-state index contributed by atoms with van der Waals surface area (Å²) in [5.74, 6) is 0.895. The monoisotopic (exact) mass is 326 g/mol. The van der Waals surface area contributed by atoms with Gasteiger partial charge in [0.1, 0.15) is 5.76 Å². The number of hydrogen-bond donors (Lipinski definition) is 1. The molecule has 3 aliphatic rings. The molecule has 1 aromatic carbocycles. The Morgan fingerprint density at radius 3 is 2.71 bits per heavy atom. The van der Waals surface area contributed by atoms with Crippen molar-refractivity contribution in [1.82, 2.24) is 0 Å². The molecule has 3 atom stereocenters. The van der Waals surface area contributed by atoms with E-state index >= 15 is 0 Å². The maximum atomic E-state index is 12.1. The standard InChI is InChI=1S/C20H22O4/c1-23-20(22)15-11-14(12-7-3-2-4-8-12)17-13-9-5-6-10-16(13)24-19(17)18(15)21/h2-4,7-8,14,17,19,21H,5-6,9-11H2,1H3/t14-,17-,19-/m1/s1. The van der Waals surface area contributed by atoms with Gasteiger partial charge in [0.25, 0.3) is 0 Å². The maximum Gasteiger partial charge on any atom is 0.337 e. The molecule has 0 radical (unpaired) electrons. The van der Waals surface area contributed by atoms with Crippen LogP contribution in [0.2, 0.25) is 0 Å². The number of carbonyl (C=O) groups excluding carboxylic acids is 1. The number of allylic oxidation sites excluding steroid dienone is 1. The minimum absolute atomic E-state index is 0.0634.